The molecule has 0 spiro atoms. The van der Waals surface area contributed by atoms with E-state index in [9.17, 15) is 14.6 Å². The molecule has 0 aromatic heterocycles. The average molecular weight is 307 g/mol. The Morgan fingerprint density at radius 2 is 2.24 bits per heavy atom. The van der Waals surface area contributed by atoms with Crippen molar-refractivity contribution in [2.24, 2.45) is 4.99 Å². The predicted octanol–water partition coefficient (Wildman–Crippen LogP) is -0.114. The highest BCUT2D eigenvalue weighted by Gasteiger charge is 2.44. The Morgan fingerprint density at radius 3 is 2.76 bits per heavy atom. The van der Waals surface area contributed by atoms with Gasteiger partial charge in [-0.25, -0.2) is 4.39 Å². The van der Waals surface area contributed by atoms with E-state index in [4.69, 9.17) is 5.11 Å². The van der Waals surface area contributed by atoms with Crippen molar-refractivity contribution < 1.29 is 19.7 Å². The number of aliphatic hydroxyl groups excluding tert-OH is 3. The maximum absolute atomic E-state index is 13.9. The van der Waals surface area contributed by atoms with E-state index in [1.807, 2.05) is 0 Å². The van der Waals surface area contributed by atoms with Gasteiger partial charge in [-0.1, -0.05) is 0 Å². The van der Waals surface area contributed by atoms with Crippen molar-refractivity contribution in [1.82, 2.24) is 4.90 Å². The van der Waals surface area contributed by atoms with Gasteiger partial charge < -0.3 is 20.2 Å². The lowest BCUT2D eigenvalue weighted by molar-refractivity contribution is 0.0107. The molecule has 0 radical (unpaired) electrons. The van der Waals surface area contributed by atoms with Crippen LogP contribution in [0.3, 0.4) is 0 Å². The molecule has 3 atom stereocenters. The lowest BCUT2D eigenvalue weighted by Crippen LogP contribution is -2.43. The molecule has 3 N–H and O–H groups in total. The van der Waals surface area contributed by atoms with Gasteiger partial charge in [0.25, 0.3) is 0 Å². The molecule has 0 aromatic carbocycles. The smallest absolute Gasteiger partial charge is 0.129 e. The van der Waals surface area contributed by atoms with Gasteiger partial charge in [0.15, 0.2) is 0 Å². The summed E-state index contributed by atoms with van der Waals surface area (Å²) in [6, 6.07) is -1.00. The third-order valence-electron chi connectivity index (χ3n) is 2.85. The molecular formula is C10H12BrFN2O3. The average Bonchev–Trinajstić information content (AvgIpc) is 2.50. The van der Waals surface area contributed by atoms with Crippen LogP contribution in [0, 0.1) is 0 Å². The first-order valence-electron chi connectivity index (χ1n) is 5.04. The van der Waals surface area contributed by atoms with Gasteiger partial charge in [-0.15, -0.1) is 0 Å². The molecule has 1 aliphatic carbocycles. The van der Waals surface area contributed by atoms with Crippen LogP contribution in [0.25, 0.3) is 0 Å². The Balaban J connectivity index is 2.27. The summed E-state index contributed by atoms with van der Waals surface area (Å²) in [7, 11) is 0. The molecule has 1 aliphatic heterocycles. The van der Waals surface area contributed by atoms with Crippen LogP contribution in [-0.2, 0) is 0 Å². The van der Waals surface area contributed by atoms with Gasteiger partial charge in [0.05, 0.1) is 11.1 Å². The topological polar surface area (TPSA) is 76.3 Å². The summed E-state index contributed by atoms with van der Waals surface area (Å²) in [5.41, 5.74) is -0.165. The number of hydrogen-bond donors (Lipinski definition) is 3. The Hall–Kier alpha value is -0.760. The number of allylic oxidation sites excluding steroid dienone is 1. The van der Waals surface area contributed by atoms with E-state index in [0.29, 0.717) is 4.48 Å². The highest BCUT2D eigenvalue weighted by Crippen LogP contribution is 2.33. The van der Waals surface area contributed by atoms with Crippen LogP contribution in [0.4, 0.5) is 4.39 Å². The highest BCUT2D eigenvalue weighted by molar-refractivity contribution is 9.12. The highest BCUT2D eigenvalue weighted by atomic mass is 79.9. The molecule has 1 heterocycles. The largest absolute Gasteiger partial charge is 0.392 e. The summed E-state index contributed by atoms with van der Waals surface area (Å²) in [5, 5.41) is 28.3. The van der Waals surface area contributed by atoms with E-state index in [0.717, 1.165) is 0 Å². The molecule has 5 nitrogen and oxygen atoms in total. The van der Waals surface area contributed by atoms with E-state index < -0.39 is 30.7 Å². The van der Waals surface area contributed by atoms with Crippen molar-refractivity contribution >= 4 is 22.1 Å². The Kier molecular flexibility index (Phi) is 3.62. The molecule has 0 bridgehead atoms. The lowest BCUT2D eigenvalue weighted by atomic mass is 10.1. The van der Waals surface area contributed by atoms with Crippen molar-refractivity contribution in [1.29, 1.82) is 0 Å². The summed E-state index contributed by atoms with van der Waals surface area (Å²) in [6.07, 6.45) is 0.487. The zero-order valence-electron chi connectivity index (χ0n) is 8.79. The third kappa shape index (κ3) is 2.15. The first-order chi connectivity index (χ1) is 8.06. The molecular weight excluding hydrogens is 295 g/mol. The summed E-state index contributed by atoms with van der Waals surface area (Å²) in [4.78, 5) is 5.44. The molecule has 0 unspecified atom stereocenters. The van der Waals surface area contributed by atoms with E-state index in [1.165, 1.54) is 4.90 Å². The number of aliphatic hydroxyl groups is 3. The van der Waals surface area contributed by atoms with Gasteiger partial charge in [-0.3, -0.25) is 4.99 Å². The van der Waals surface area contributed by atoms with E-state index in [1.54, 1.807) is 12.4 Å². The number of halogens is 2. The number of nitrogens with zero attached hydrogens (tertiary/aromatic N) is 2. The Morgan fingerprint density at radius 1 is 1.53 bits per heavy atom. The van der Waals surface area contributed by atoms with E-state index >= 15 is 0 Å². The summed E-state index contributed by atoms with van der Waals surface area (Å²) in [5.74, 6) is -0.693. The maximum Gasteiger partial charge on any atom is 0.129 e. The molecule has 2 aliphatic rings. The van der Waals surface area contributed by atoms with Gasteiger partial charge in [0.2, 0.25) is 0 Å². The minimum Gasteiger partial charge on any atom is -0.392 e. The minimum atomic E-state index is -1.37. The second-order valence-corrected chi connectivity index (χ2v) is 4.81. The van der Waals surface area contributed by atoms with E-state index in [-0.39, 0.29) is 12.2 Å². The SMILES string of the molecule is OCC1=C(F)[C@@H](N2C=C(Br)C=NC2)[C@H](O)[C@@H]1O. The first kappa shape index (κ1) is 12.7. The van der Waals surface area contributed by atoms with Crippen molar-refractivity contribution in [2.75, 3.05) is 13.3 Å². The van der Waals surface area contributed by atoms with Crippen LogP contribution in [0.2, 0.25) is 0 Å². The van der Waals surface area contributed by atoms with Crippen molar-refractivity contribution in [3.63, 3.8) is 0 Å². The molecule has 94 valence electrons. The molecule has 0 fully saturated rings. The predicted molar refractivity (Wildman–Crippen MR) is 63.2 cm³/mol. The molecule has 0 saturated carbocycles. The molecule has 0 amide bonds. The first-order valence-corrected chi connectivity index (χ1v) is 5.84. The van der Waals surface area contributed by atoms with Crippen LogP contribution in [0.1, 0.15) is 0 Å². The number of aliphatic imine (C=N–C) groups is 1. The molecule has 0 aromatic rings. The maximum atomic E-state index is 13.9. The Bertz CT molecular complexity index is 410. The molecule has 0 saturated heterocycles. The fourth-order valence-corrected chi connectivity index (χ4v) is 2.40. The second-order valence-electron chi connectivity index (χ2n) is 3.89. The monoisotopic (exact) mass is 306 g/mol. The molecule has 2 rings (SSSR count). The Labute approximate surface area is 106 Å². The normalized spacial score (nSPS) is 33.4. The van der Waals surface area contributed by atoms with Crippen LogP contribution in [0.5, 0.6) is 0 Å². The fourth-order valence-electron chi connectivity index (χ4n) is 1.99. The van der Waals surface area contributed by atoms with Gasteiger partial charge in [-0.05, 0) is 15.9 Å². The fraction of sp³-hybridized carbons (Fsp3) is 0.500. The van der Waals surface area contributed by atoms with Gasteiger partial charge in [0, 0.05) is 18.0 Å². The standard InChI is InChI=1S/C10H12BrFN2O3/c11-5-1-13-4-14(2-5)8-7(12)6(3-15)9(16)10(8)17/h1-2,8-10,15-17H,3-4H2/t8-,9-,10+/m1/s1. The van der Waals surface area contributed by atoms with Crippen LogP contribution in [-0.4, -0.2) is 58.0 Å². The zero-order valence-corrected chi connectivity index (χ0v) is 10.4. The second kappa shape index (κ2) is 4.85. The van der Waals surface area contributed by atoms with Crippen LogP contribution < -0.4 is 0 Å². The lowest BCUT2D eigenvalue weighted by Gasteiger charge is -2.30. The molecule has 17 heavy (non-hydrogen) atoms. The summed E-state index contributed by atoms with van der Waals surface area (Å²) in [6.45, 7) is -0.418. The number of hydrogen-bond acceptors (Lipinski definition) is 5. The van der Waals surface area contributed by atoms with Gasteiger partial charge in [-0.2, -0.15) is 0 Å². The van der Waals surface area contributed by atoms with Crippen LogP contribution in [0.15, 0.2) is 27.1 Å². The van der Waals surface area contributed by atoms with Crippen molar-refractivity contribution in [3.8, 4) is 0 Å². The van der Waals surface area contributed by atoms with Gasteiger partial charge in [0.1, 0.15) is 30.7 Å². The van der Waals surface area contributed by atoms with Crippen molar-refractivity contribution in [2.45, 2.75) is 18.2 Å². The number of rotatable bonds is 2. The van der Waals surface area contributed by atoms with Crippen molar-refractivity contribution in [3.05, 3.63) is 22.1 Å². The quantitative estimate of drug-likeness (QED) is 0.665. The molecule has 7 heteroatoms. The minimum absolute atomic E-state index is 0.165. The third-order valence-corrected chi connectivity index (χ3v) is 3.26. The van der Waals surface area contributed by atoms with Gasteiger partial charge >= 0.3 is 0 Å². The van der Waals surface area contributed by atoms with Crippen LogP contribution >= 0.6 is 15.9 Å². The summed E-state index contributed by atoms with van der Waals surface area (Å²) < 4.78 is 14.6. The van der Waals surface area contributed by atoms with E-state index in [2.05, 4.69) is 20.9 Å². The summed E-state index contributed by atoms with van der Waals surface area (Å²) >= 11 is 3.20. The zero-order chi connectivity index (χ0) is 12.6.